The Bertz CT molecular complexity index is 1300. The van der Waals surface area contributed by atoms with E-state index in [1.54, 1.807) is 12.4 Å². The maximum Gasteiger partial charge on any atom is 0.250 e. The molecule has 2 fully saturated rings. The molecule has 3 aliphatic rings. The molecule has 2 N–H and O–H groups in total. The molecule has 3 unspecified atom stereocenters. The molecule has 5 rings (SSSR count). The summed E-state index contributed by atoms with van der Waals surface area (Å²) < 4.78 is 27.3. The number of fused-ring (bicyclic) bond motifs is 1. The summed E-state index contributed by atoms with van der Waals surface area (Å²) in [5.41, 5.74) is 3.32. The van der Waals surface area contributed by atoms with Crippen LogP contribution in [0.5, 0.6) is 0 Å². The molecular formula is C32H41F2N5O3. The monoisotopic (exact) mass is 581 g/mol. The number of hydrogen-bond acceptors (Lipinski definition) is 7. The van der Waals surface area contributed by atoms with E-state index in [1.807, 2.05) is 24.2 Å². The number of hydrogen-bond donors (Lipinski definition) is 2. The summed E-state index contributed by atoms with van der Waals surface area (Å²) in [6, 6.07) is 9.69. The first-order valence-electron chi connectivity index (χ1n) is 14.6. The normalized spacial score (nSPS) is 25.0. The standard InChI is InChI=1S/C26H33F2N3O.C6H8N2O2/c1-24(2,3)19-5-7-21(8-6-19)31(4)26(15-9-18-12-16-29-17-22(18)26)23(32)30-20-10-13-25(27,28)14-11-20;7-4-8-2-6(10)1-5(8)3-9/h5-8,12,16-17,20H,9-11,13-15H2,1-4H3,(H,30,32);3,5-6,10H,1-2H2. The molecule has 10 heteroatoms. The summed E-state index contributed by atoms with van der Waals surface area (Å²) in [7, 11) is 1.95. The molecule has 0 radical (unpaired) electrons. The number of carbonyl (C=O) groups is 2. The predicted octanol–water partition coefficient (Wildman–Crippen LogP) is 4.45. The Morgan fingerprint density at radius 3 is 2.43 bits per heavy atom. The Balaban J connectivity index is 0.000000343. The van der Waals surface area contributed by atoms with Crippen molar-refractivity contribution in [1.29, 1.82) is 5.26 Å². The van der Waals surface area contributed by atoms with Crippen molar-refractivity contribution in [2.24, 2.45) is 0 Å². The fourth-order valence-corrected chi connectivity index (χ4v) is 6.18. The van der Waals surface area contributed by atoms with Gasteiger partial charge in [0.1, 0.15) is 11.8 Å². The van der Waals surface area contributed by atoms with Crippen LogP contribution in [0, 0.1) is 11.5 Å². The molecule has 42 heavy (non-hydrogen) atoms. The smallest absolute Gasteiger partial charge is 0.250 e. The van der Waals surface area contributed by atoms with Gasteiger partial charge in [0.15, 0.2) is 6.19 Å². The van der Waals surface area contributed by atoms with Gasteiger partial charge < -0.3 is 20.1 Å². The van der Waals surface area contributed by atoms with Crippen molar-refractivity contribution < 1.29 is 23.5 Å². The second-order valence-corrected chi connectivity index (χ2v) is 12.7. The zero-order chi connectivity index (χ0) is 30.7. The number of nitrogens with one attached hydrogen (secondary N) is 1. The van der Waals surface area contributed by atoms with Crippen LogP contribution in [0.25, 0.3) is 0 Å². The molecule has 2 aromatic rings. The predicted molar refractivity (Wildman–Crippen MR) is 156 cm³/mol. The summed E-state index contributed by atoms with van der Waals surface area (Å²) in [4.78, 5) is 31.7. The minimum absolute atomic E-state index is 0.0408. The summed E-state index contributed by atoms with van der Waals surface area (Å²) in [6.07, 6.45) is 7.61. The lowest BCUT2D eigenvalue weighted by Gasteiger charge is -2.41. The molecule has 3 atom stereocenters. The van der Waals surface area contributed by atoms with E-state index in [4.69, 9.17) is 10.4 Å². The van der Waals surface area contributed by atoms with Crippen LogP contribution in [-0.2, 0) is 27.0 Å². The van der Waals surface area contributed by atoms with Gasteiger partial charge in [-0.1, -0.05) is 32.9 Å². The Morgan fingerprint density at radius 1 is 1.19 bits per heavy atom. The fourth-order valence-electron chi connectivity index (χ4n) is 6.18. The number of nitriles is 1. The van der Waals surface area contributed by atoms with E-state index in [0.717, 1.165) is 23.2 Å². The Hall–Kier alpha value is -3.58. The molecule has 226 valence electrons. The van der Waals surface area contributed by atoms with E-state index in [-0.39, 0.29) is 30.2 Å². The number of β-amino-alcohol motifs (C(OH)–C–C–N with tert-alkyl or cyclic N) is 1. The number of carbonyl (C=O) groups excluding carboxylic acids is 2. The number of aryl methyl sites for hydroxylation is 1. The topological polar surface area (TPSA) is 110 Å². The molecule has 1 saturated carbocycles. The van der Waals surface area contributed by atoms with Crippen molar-refractivity contribution in [3.8, 4) is 6.19 Å². The van der Waals surface area contributed by atoms with Gasteiger partial charge in [-0.3, -0.25) is 14.7 Å². The maximum absolute atomic E-state index is 13.8. The minimum Gasteiger partial charge on any atom is -0.391 e. The highest BCUT2D eigenvalue weighted by Crippen LogP contribution is 2.44. The number of benzene rings is 1. The van der Waals surface area contributed by atoms with Crippen LogP contribution in [0.3, 0.4) is 0 Å². The van der Waals surface area contributed by atoms with Gasteiger partial charge in [-0.25, -0.2) is 8.78 Å². The van der Waals surface area contributed by atoms with Gasteiger partial charge in [-0.15, -0.1) is 0 Å². The second-order valence-electron chi connectivity index (χ2n) is 12.7. The van der Waals surface area contributed by atoms with Crippen LogP contribution >= 0.6 is 0 Å². The van der Waals surface area contributed by atoms with Gasteiger partial charge in [0.2, 0.25) is 5.92 Å². The van der Waals surface area contributed by atoms with Gasteiger partial charge >= 0.3 is 0 Å². The van der Waals surface area contributed by atoms with Crippen molar-refractivity contribution in [3.05, 3.63) is 59.4 Å². The first-order valence-corrected chi connectivity index (χ1v) is 14.6. The van der Waals surface area contributed by atoms with E-state index in [2.05, 4.69) is 55.3 Å². The maximum atomic E-state index is 13.8. The highest BCUT2D eigenvalue weighted by Gasteiger charge is 2.50. The van der Waals surface area contributed by atoms with Crippen LogP contribution in [-0.4, -0.2) is 64.9 Å². The zero-order valence-corrected chi connectivity index (χ0v) is 24.8. The third-order valence-corrected chi connectivity index (χ3v) is 8.84. The number of anilines is 1. The summed E-state index contributed by atoms with van der Waals surface area (Å²) in [6.45, 7) is 6.81. The largest absolute Gasteiger partial charge is 0.391 e. The first kappa shape index (κ1) is 31.4. The number of halogens is 2. The number of likely N-dealkylation sites (N-methyl/N-ethyl adjacent to an activating group) is 1. The van der Waals surface area contributed by atoms with Crippen LogP contribution < -0.4 is 10.2 Å². The number of likely N-dealkylation sites (tertiary alicyclic amines) is 1. The van der Waals surface area contributed by atoms with Crippen LogP contribution in [0.1, 0.15) is 76.0 Å². The van der Waals surface area contributed by atoms with E-state index in [1.165, 1.54) is 10.5 Å². The van der Waals surface area contributed by atoms with Crippen molar-refractivity contribution in [2.75, 3.05) is 18.5 Å². The SMILES string of the molecule is CN(c1ccc(C(C)(C)C)cc1)C1(C(=O)NC2CCC(F)(F)CC2)CCc2ccncc21.N#CN1CC(O)CC1C=O. The van der Waals surface area contributed by atoms with Crippen molar-refractivity contribution in [3.63, 3.8) is 0 Å². The number of pyridine rings is 1. The van der Waals surface area contributed by atoms with Crippen LogP contribution in [0.4, 0.5) is 14.5 Å². The van der Waals surface area contributed by atoms with Crippen LogP contribution in [0.15, 0.2) is 42.7 Å². The van der Waals surface area contributed by atoms with Gasteiger partial charge in [0.25, 0.3) is 5.91 Å². The third kappa shape index (κ3) is 6.57. The quantitative estimate of drug-likeness (QED) is 0.397. The van der Waals surface area contributed by atoms with E-state index in [9.17, 15) is 18.4 Å². The van der Waals surface area contributed by atoms with Crippen LogP contribution in [0.2, 0.25) is 0 Å². The Kier molecular flexibility index (Phi) is 9.21. The average molecular weight is 582 g/mol. The molecular weight excluding hydrogens is 540 g/mol. The molecule has 0 spiro atoms. The molecule has 2 aliphatic carbocycles. The van der Waals surface area contributed by atoms with Gasteiger partial charge in [0.05, 0.1) is 18.7 Å². The molecule has 1 aliphatic heterocycles. The van der Waals surface area contributed by atoms with Gasteiger partial charge in [-0.2, -0.15) is 5.26 Å². The van der Waals surface area contributed by atoms with E-state index < -0.39 is 23.6 Å². The summed E-state index contributed by atoms with van der Waals surface area (Å²) >= 11 is 0. The number of nitrogens with zero attached hydrogens (tertiary/aromatic N) is 4. The lowest BCUT2D eigenvalue weighted by atomic mass is 9.85. The molecule has 1 aromatic carbocycles. The number of aromatic nitrogens is 1. The number of alkyl halides is 2. The van der Waals surface area contributed by atoms with Crippen molar-refractivity contribution >= 4 is 17.9 Å². The highest BCUT2D eigenvalue weighted by atomic mass is 19.3. The molecule has 1 saturated heterocycles. The molecule has 1 amide bonds. The lowest BCUT2D eigenvalue weighted by molar-refractivity contribution is -0.128. The Labute approximate surface area is 246 Å². The third-order valence-electron chi connectivity index (χ3n) is 8.84. The summed E-state index contributed by atoms with van der Waals surface area (Å²) in [5, 5.41) is 20.5. The van der Waals surface area contributed by atoms with Gasteiger partial charge in [-0.05, 0) is 60.4 Å². The van der Waals surface area contributed by atoms with Gasteiger partial charge in [0, 0.05) is 56.0 Å². The molecule has 0 bridgehead atoms. The average Bonchev–Trinajstić information content (AvgIpc) is 3.54. The Morgan fingerprint density at radius 2 is 1.86 bits per heavy atom. The number of aliphatic hydroxyl groups is 1. The number of aldehydes is 1. The summed E-state index contributed by atoms with van der Waals surface area (Å²) in [5.74, 6) is -2.74. The lowest BCUT2D eigenvalue weighted by Crippen LogP contribution is -2.56. The van der Waals surface area contributed by atoms with E-state index in [0.29, 0.717) is 38.5 Å². The first-order chi connectivity index (χ1) is 19.8. The minimum atomic E-state index is -2.62. The van der Waals surface area contributed by atoms with Crippen molar-refractivity contribution in [2.45, 2.75) is 101 Å². The molecule has 2 heterocycles. The highest BCUT2D eigenvalue weighted by molar-refractivity contribution is 5.93. The number of rotatable bonds is 5. The number of aliphatic hydroxyl groups excluding tert-OH is 1. The van der Waals surface area contributed by atoms with Crippen molar-refractivity contribution in [1.82, 2.24) is 15.2 Å². The second kappa shape index (κ2) is 12.3. The fraction of sp³-hybridized carbons (Fsp3) is 0.562. The van der Waals surface area contributed by atoms with E-state index >= 15 is 0 Å². The zero-order valence-electron chi connectivity index (χ0n) is 24.8. The molecule has 1 aromatic heterocycles. The molecule has 8 nitrogen and oxygen atoms in total. The number of amides is 1.